The molecule has 0 aromatic rings. The van der Waals surface area contributed by atoms with E-state index in [0.29, 0.717) is 12.0 Å². The third-order valence-corrected chi connectivity index (χ3v) is 2.54. The van der Waals surface area contributed by atoms with Crippen molar-refractivity contribution in [2.24, 2.45) is 5.92 Å². The third kappa shape index (κ3) is 5.78. The summed E-state index contributed by atoms with van der Waals surface area (Å²) in [6.45, 7) is 8.54. The number of rotatable bonds is 6. The molecule has 0 spiro atoms. The van der Waals surface area contributed by atoms with Gasteiger partial charge in [0.25, 0.3) is 0 Å². The number of hydrogen-bond donors (Lipinski definition) is 1. The normalized spacial score (nSPS) is 15.1. The lowest BCUT2D eigenvalue weighted by molar-refractivity contribution is -0.131. The van der Waals surface area contributed by atoms with Crippen LogP contribution in [0.4, 0.5) is 0 Å². The molecule has 15 heavy (non-hydrogen) atoms. The van der Waals surface area contributed by atoms with Crippen LogP contribution in [0.15, 0.2) is 0 Å². The van der Waals surface area contributed by atoms with Crippen LogP contribution in [0.1, 0.15) is 40.5 Å². The van der Waals surface area contributed by atoms with Crippen molar-refractivity contribution in [1.82, 2.24) is 10.2 Å². The van der Waals surface area contributed by atoms with Crippen LogP contribution in [0.3, 0.4) is 0 Å². The molecule has 3 nitrogen and oxygen atoms in total. The number of nitrogens with one attached hydrogen (secondary N) is 1. The fourth-order valence-electron chi connectivity index (χ4n) is 1.48. The van der Waals surface area contributed by atoms with Crippen LogP contribution in [-0.2, 0) is 4.79 Å². The Morgan fingerprint density at radius 1 is 1.27 bits per heavy atom. The zero-order chi connectivity index (χ0) is 12.0. The van der Waals surface area contributed by atoms with Crippen LogP contribution >= 0.6 is 0 Å². The van der Waals surface area contributed by atoms with E-state index in [4.69, 9.17) is 0 Å². The Morgan fingerprint density at radius 2 is 1.80 bits per heavy atom. The summed E-state index contributed by atoms with van der Waals surface area (Å²) in [5.41, 5.74) is 0. The number of carbonyl (C=O) groups is 1. The van der Waals surface area contributed by atoms with Gasteiger partial charge in [0.15, 0.2) is 0 Å². The molecule has 0 aliphatic heterocycles. The maximum absolute atomic E-state index is 11.9. The molecule has 2 atom stereocenters. The van der Waals surface area contributed by atoms with Gasteiger partial charge in [0.05, 0.1) is 6.04 Å². The molecule has 1 amide bonds. The van der Waals surface area contributed by atoms with Crippen molar-refractivity contribution in [3.05, 3.63) is 0 Å². The lowest BCUT2D eigenvalue weighted by Gasteiger charge is -2.26. The predicted molar refractivity (Wildman–Crippen MR) is 64.8 cm³/mol. The Morgan fingerprint density at radius 3 is 2.13 bits per heavy atom. The van der Waals surface area contributed by atoms with Gasteiger partial charge in [-0.25, -0.2) is 0 Å². The van der Waals surface area contributed by atoms with Crippen molar-refractivity contribution < 1.29 is 4.79 Å². The topological polar surface area (TPSA) is 32.3 Å². The molecule has 90 valence electrons. The van der Waals surface area contributed by atoms with Crippen molar-refractivity contribution >= 4 is 5.91 Å². The molecule has 0 heterocycles. The van der Waals surface area contributed by atoms with Gasteiger partial charge in [0.1, 0.15) is 0 Å². The smallest absolute Gasteiger partial charge is 0.239 e. The summed E-state index contributed by atoms with van der Waals surface area (Å²) in [5, 5.41) is 3.39. The molecule has 0 aromatic carbocycles. The molecule has 0 bridgehead atoms. The fourth-order valence-corrected chi connectivity index (χ4v) is 1.48. The second-order valence-corrected chi connectivity index (χ2v) is 4.89. The Kier molecular flexibility index (Phi) is 6.57. The summed E-state index contributed by atoms with van der Waals surface area (Å²) in [6.07, 6.45) is 1.96. The van der Waals surface area contributed by atoms with Gasteiger partial charge < -0.3 is 10.2 Å². The number of amides is 1. The first-order chi connectivity index (χ1) is 6.88. The summed E-state index contributed by atoms with van der Waals surface area (Å²) < 4.78 is 0. The highest BCUT2D eigenvalue weighted by molar-refractivity contribution is 5.81. The fraction of sp³-hybridized carbons (Fsp3) is 0.917. The van der Waals surface area contributed by atoms with Gasteiger partial charge in [-0.2, -0.15) is 0 Å². The number of likely N-dealkylation sites (N-methyl/N-ethyl adjacent to an activating group) is 1. The van der Waals surface area contributed by atoms with E-state index in [-0.39, 0.29) is 11.9 Å². The SMILES string of the molecule is CCC(C)NC(CC(C)C)C(=O)N(C)C. The first-order valence-electron chi connectivity index (χ1n) is 5.85. The second-order valence-electron chi connectivity index (χ2n) is 4.89. The minimum Gasteiger partial charge on any atom is -0.347 e. The number of hydrogen-bond acceptors (Lipinski definition) is 2. The lowest BCUT2D eigenvalue weighted by Crippen LogP contribution is -2.47. The summed E-state index contributed by atoms with van der Waals surface area (Å²) in [7, 11) is 3.63. The van der Waals surface area contributed by atoms with Crippen LogP contribution in [-0.4, -0.2) is 37.0 Å². The monoisotopic (exact) mass is 214 g/mol. The molecule has 0 aromatic heterocycles. The summed E-state index contributed by atoms with van der Waals surface area (Å²) >= 11 is 0. The van der Waals surface area contributed by atoms with Crippen LogP contribution in [0, 0.1) is 5.92 Å². The van der Waals surface area contributed by atoms with Crippen molar-refractivity contribution in [3.63, 3.8) is 0 Å². The average molecular weight is 214 g/mol. The standard InChI is InChI=1S/C12H26N2O/c1-7-10(4)13-11(8-9(2)3)12(15)14(5)6/h9-11,13H,7-8H2,1-6H3. The van der Waals surface area contributed by atoms with Gasteiger partial charge in [0.2, 0.25) is 5.91 Å². The highest BCUT2D eigenvalue weighted by Crippen LogP contribution is 2.08. The first kappa shape index (κ1) is 14.4. The van der Waals surface area contributed by atoms with E-state index in [1.54, 1.807) is 4.90 Å². The van der Waals surface area contributed by atoms with E-state index >= 15 is 0 Å². The van der Waals surface area contributed by atoms with Crippen LogP contribution in [0.25, 0.3) is 0 Å². The van der Waals surface area contributed by atoms with E-state index in [2.05, 4.69) is 33.0 Å². The van der Waals surface area contributed by atoms with Gasteiger partial charge in [-0.15, -0.1) is 0 Å². The van der Waals surface area contributed by atoms with E-state index in [0.717, 1.165) is 12.8 Å². The molecule has 0 saturated heterocycles. The summed E-state index contributed by atoms with van der Waals surface area (Å²) in [6, 6.07) is 0.368. The zero-order valence-corrected chi connectivity index (χ0v) is 11.0. The van der Waals surface area contributed by atoms with Crippen molar-refractivity contribution in [2.75, 3.05) is 14.1 Å². The minimum absolute atomic E-state index is 0.0325. The Bertz CT molecular complexity index is 190. The Hall–Kier alpha value is -0.570. The molecule has 0 saturated carbocycles. The molecule has 2 unspecified atom stereocenters. The van der Waals surface area contributed by atoms with E-state index in [9.17, 15) is 4.79 Å². The zero-order valence-electron chi connectivity index (χ0n) is 11.0. The molecular formula is C12H26N2O. The van der Waals surface area contributed by atoms with E-state index < -0.39 is 0 Å². The quantitative estimate of drug-likeness (QED) is 0.732. The highest BCUT2D eigenvalue weighted by Gasteiger charge is 2.22. The van der Waals surface area contributed by atoms with Gasteiger partial charge in [-0.05, 0) is 25.7 Å². The van der Waals surface area contributed by atoms with E-state index in [1.807, 2.05) is 14.1 Å². The number of nitrogens with zero attached hydrogens (tertiary/aromatic N) is 1. The van der Waals surface area contributed by atoms with Crippen LogP contribution in [0.5, 0.6) is 0 Å². The van der Waals surface area contributed by atoms with Crippen molar-refractivity contribution in [3.8, 4) is 0 Å². The Labute approximate surface area is 94.2 Å². The van der Waals surface area contributed by atoms with Gasteiger partial charge >= 0.3 is 0 Å². The van der Waals surface area contributed by atoms with Crippen LogP contribution in [0.2, 0.25) is 0 Å². The van der Waals surface area contributed by atoms with Gasteiger partial charge in [0, 0.05) is 20.1 Å². The molecule has 0 aliphatic rings. The van der Waals surface area contributed by atoms with Crippen molar-refractivity contribution in [2.45, 2.75) is 52.6 Å². The maximum atomic E-state index is 11.9. The Balaban J connectivity index is 4.37. The molecular weight excluding hydrogens is 188 g/mol. The first-order valence-corrected chi connectivity index (χ1v) is 5.85. The van der Waals surface area contributed by atoms with E-state index in [1.165, 1.54) is 0 Å². The minimum atomic E-state index is -0.0325. The third-order valence-electron chi connectivity index (χ3n) is 2.54. The molecule has 1 N–H and O–H groups in total. The predicted octanol–water partition coefficient (Wildman–Crippen LogP) is 1.88. The highest BCUT2D eigenvalue weighted by atomic mass is 16.2. The average Bonchev–Trinajstić information content (AvgIpc) is 2.14. The van der Waals surface area contributed by atoms with Gasteiger partial charge in [-0.3, -0.25) is 4.79 Å². The largest absolute Gasteiger partial charge is 0.347 e. The summed E-state index contributed by atoms with van der Waals surface area (Å²) in [5.74, 6) is 0.722. The molecule has 3 heteroatoms. The molecule has 0 radical (unpaired) electrons. The number of carbonyl (C=O) groups excluding carboxylic acids is 1. The second kappa shape index (κ2) is 6.83. The molecule has 0 fully saturated rings. The van der Waals surface area contributed by atoms with Gasteiger partial charge in [-0.1, -0.05) is 20.8 Å². The lowest BCUT2D eigenvalue weighted by atomic mass is 10.0. The van der Waals surface area contributed by atoms with Crippen molar-refractivity contribution in [1.29, 1.82) is 0 Å². The van der Waals surface area contributed by atoms with Crippen LogP contribution < -0.4 is 5.32 Å². The summed E-state index contributed by atoms with van der Waals surface area (Å²) in [4.78, 5) is 13.6. The molecule has 0 aliphatic carbocycles. The molecule has 0 rings (SSSR count). The maximum Gasteiger partial charge on any atom is 0.239 e.